The van der Waals surface area contributed by atoms with Crippen molar-refractivity contribution < 1.29 is 17.4 Å². The molecule has 0 bridgehead atoms. The molecular weight excluding hydrogens is 179 g/mol. The lowest BCUT2D eigenvalue weighted by Gasteiger charge is -2.10. The van der Waals surface area contributed by atoms with Crippen molar-refractivity contribution in [2.45, 2.75) is 18.3 Å². The maximum atomic E-state index is 11.6. The predicted molar refractivity (Wildman–Crippen MR) is 37.6 cm³/mol. The maximum Gasteiger partial charge on any atom is 0.400 e. The van der Waals surface area contributed by atoms with Crippen molar-refractivity contribution in [2.24, 2.45) is 5.73 Å². The van der Waals surface area contributed by atoms with E-state index in [-0.39, 0.29) is 6.54 Å². The standard InChI is InChI=1S/C5H10F3NOS/c1-4(2-9)11(10)3-5(6,7)8/h4H,2-3,9H2,1H3. The average Bonchev–Trinajstić information content (AvgIpc) is 1.82. The zero-order valence-electron chi connectivity index (χ0n) is 6.02. The summed E-state index contributed by atoms with van der Waals surface area (Å²) >= 11 is 0. The van der Waals surface area contributed by atoms with Gasteiger partial charge in [-0.3, -0.25) is 4.21 Å². The minimum atomic E-state index is -4.35. The second kappa shape index (κ2) is 4.06. The van der Waals surface area contributed by atoms with Gasteiger partial charge in [0.2, 0.25) is 0 Å². The molecule has 2 N–H and O–H groups in total. The Morgan fingerprint density at radius 2 is 2.00 bits per heavy atom. The van der Waals surface area contributed by atoms with Crippen molar-refractivity contribution >= 4 is 10.8 Å². The molecule has 0 radical (unpaired) electrons. The number of hydrogen-bond acceptors (Lipinski definition) is 2. The summed E-state index contributed by atoms with van der Waals surface area (Å²) in [5, 5.41) is -0.586. The first-order valence-electron chi connectivity index (χ1n) is 3.01. The van der Waals surface area contributed by atoms with E-state index < -0.39 is 28.0 Å². The van der Waals surface area contributed by atoms with Crippen LogP contribution in [-0.2, 0) is 10.8 Å². The quantitative estimate of drug-likeness (QED) is 0.708. The average molecular weight is 189 g/mol. The first-order chi connectivity index (χ1) is 4.87. The highest BCUT2D eigenvalue weighted by molar-refractivity contribution is 7.85. The van der Waals surface area contributed by atoms with Crippen LogP contribution in [0.25, 0.3) is 0 Å². The Balaban J connectivity index is 3.88. The summed E-state index contributed by atoms with van der Waals surface area (Å²) in [5.74, 6) is -1.26. The normalized spacial score (nSPS) is 17.9. The van der Waals surface area contributed by atoms with Crippen molar-refractivity contribution in [3.63, 3.8) is 0 Å². The van der Waals surface area contributed by atoms with Gasteiger partial charge in [0, 0.05) is 22.6 Å². The second-order valence-electron chi connectivity index (χ2n) is 2.19. The molecule has 0 heterocycles. The summed E-state index contributed by atoms with van der Waals surface area (Å²) in [6.07, 6.45) is -4.35. The van der Waals surface area contributed by atoms with Crippen molar-refractivity contribution in [3.8, 4) is 0 Å². The van der Waals surface area contributed by atoms with E-state index in [1.165, 1.54) is 6.92 Å². The van der Waals surface area contributed by atoms with Gasteiger partial charge < -0.3 is 5.73 Å². The van der Waals surface area contributed by atoms with Gasteiger partial charge in [0.15, 0.2) is 0 Å². The summed E-state index contributed by atoms with van der Waals surface area (Å²) in [6, 6.07) is 0. The molecule has 0 aliphatic rings. The molecule has 2 nitrogen and oxygen atoms in total. The van der Waals surface area contributed by atoms with Crippen LogP contribution >= 0.6 is 0 Å². The van der Waals surface area contributed by atoms with Crippen molar-refractivity contribution in [1.29, 1.82) is 0 Å². The van der Waals surface area contributed by atoms with E-state index >= 15 is 0 Å². The summed E-state index contributed by atoms with van der Waals surface area (Å²) < 4.78 is 45.4. The third-order valence-electron chi connectivity index (χ3n) is 1.09. The van der Waals surface area contributed by atoms with Gasteiger partial charge in [-0.25, -0.2) is 0 Å². The van der Waals surface area contributed by atoms with Gasteiger partial charge in [-0.2, -0.15) is 13.2 Å². The first-order valence-corrected chi connectivity index (χ1v) is 4.39. The minimum Gasteiger partial charge on any atom is -0.329 e. The highest BCUT2D eigenvalue weighted by atomic mass is 32.2. The molecule has 2 unspecified atom stereocenters. The first kappa shape index (κ1) is 10.9. The van der Waals surface area contributed by atoms with Crippen molar-refractivity contribution in [2.75, 3.05) is 12.3 Å². The molecule has 0 saturated carbocycles. The lowest BCUT2D eigenvalue weighted by molar-refractivity contribution is -0.105. The maximum absolute atomic E-state index is 11.6. The molecule has 0 aromatic carbocycles. The Labute approximate surface area is 65.4 Å². The minimum absolute atomic E-state index is 0.0166. The molecule has 6 heteroatoms. The molecule has 0 spiro atoms. The fourth-order valence-corrected chi connectivity index (χ4v) is 1.23. The van der Waals surface area contributed by atoms with Crippen molar-refractivity contribution in [1.82, 2.24) is 0 Å². The molecule has 0 saturated heterocycles. The van der Waals surface area contributed by atoms with Crippen LogP contribution in [0.2, 0.25) is 0 Å². The SMILES string of the molecule is CC(CN)S(=O)CC(F)(F)F. The molecular formula is C5H10F3NOS. The molecule has 0 aliphatic heterocycles. The fourth-order valence-electron chi connectivity index (χ4n) is 0.411. The molecule has 2 atom stereocenters. The van der Waals surface area contributed by atoms with E-state index in [0.717, 1.165) is 0 Å². The summed E-state index contributed by atoms with van der Waals surface area (Å²) in [7, 11) is -1.88. The lowest BCUT2D eigenvalue weighted by Crippen LogP contribution is -2.29. The number of hydrogen-bond donors (Lipinski definition) is 1. The van der Waals surface area contributed by atoms with E-state index in [4.69, 9.17) is 5.73 Å². The lowest BCUT2D eigenvalue weighted by atomic mass is 10.5. The van der Waals surface area contributed by atoms with E-state index in [1.807, 2.05) is 0 Å². The summed E-state index contributed by atoms with van der Waals surface area (Å²) in [4.78, 5) is 0. The second-order valence-corrected chi connectivity index (χ2v) is 4.04. The smallest absolute Gasteiger partial charge is 0.329 e. The molecule has 0 aromatic heterocycles. The van der Waals surface area contributed by atoms with E-state index in [9.17, 15) is 17.4 Å². The van der Waals surface area contributed by atoms with Gasteiger partial charge in [-0.15, -0.1) is 0 Å². The monoisotopic (exact) mass is 189 g/mol. The fraction of sp³-hybridized carbons (Fsp3) is 1.00. The van der Waals surface area contributed by atoms with E-state index in [2.05, 4.69) is 0 Å². The topological polar surface area (TPSA) is 43.1 Å². The van der Waals surface area contributed by atoms with Crippen LogP contribution in [0.4, 0.5) is 13.2 Å². The van der Waals surface area contributed by atoms with Crippen molar-refractivity contribution in [3.05, 3.63) is 0 Å². The number of halogens is 3. The van der Waals surface area contributed by atoms with Crippen LogP contribution < -0.4 is 5.73 Å². The van der Waals surface area contributed by atoms with Gasteiger partial charge in [-0.1, -0.05) is 0 Å². The van der Waals surface area contributed by atoms with Gasteiger partial charge in [0.05, 0.1) is 0 Å². The van der Waals surface area contributed by atoms with E-state index in [1.54, 1.807) is 0 Å². The Kier molecular flexibility index (Phi) is 4.02. The number of rotatable bonds is 3. The molecule has 0 amide bonds. The third-order valence-corrected chi connectivity index (χ3v) is 2.79. The highest BCUT2D eigenvalue weighted by Crippen LogP contribution is 2.17. The van der Waals surface area contributed by atoms with E-state index in [0.29, 0.717) is 0 Å². The Morgan fingerprint density at radius 3 is 2.27 bits per heavy atom. The van der Waals surface area contributed by atoms with Crippen LogP contribution in [-0.4, -0.2) is 27.9 Å². The van der Waals surface area contributed by atoms with Gasteiger partial charge in [0.25, 0.3) is 0 Å². The van der Waals surface area contributed by atoms with Crippen LogP contribution in [0.3, 0.4) is 0 Å². The molecule has 68 valence electrons. The van der Waals surface area contributed by atoms with Gasteiger partial charge in [0.1, 0.15) is 5.75 Å². The Hall–Kier alpha value is -0.100. The number of alkyl halides is 3. The summed E-state index contributed by atoms with van der Waals surface area (Å²) in [6.45, 7) is 1.45. The zero-order valence-corrected chi connectivity index (χ0v) is 6.84. The zero-order chi connectivity index (χ0) is 9.07. The van der Waals surface area contributed by atoms with Crippen LogP contribution in [0.1, 0.15) is 6.92 Å². The predicted octanol–water partition coefficient (Wildman–Crippen LogP) is 0.645. The Bertz CT molecular complexity index is 147. The molecule has 0 rings (SSSR count). The van der Waals surface area contributed by atoms with Crippen LogP contribution in [0.5, 0.6) is 0 Å². The van der Waals surface area contributed by atoms with Crippen LogP contribution in [0, 0.1) is 0 Å². The molecule has 0 fully saturated rings. The third kappa shape index (κ3) is 5.20. The number of nitrogens with two attached hydrogens (primary N) is 1. The molecule has 0 aromatic rings. The van der Waals surface area contributed by atoms with Gasteiger partial charge in [-0.05, 0) is 6.92 Å². The molecule has 0 aliphatic carbocycles. The van der Waals surface area contributed by atoms with Gasteiger partial charge >= 0.3 is 6.18 Å². The van der Waals surface area contributed by atoms with Crippen LogP contribution in [0.15, 0.2) is 0 Å². The highest BCUT2D eigenvalue weighted by Gasteiger charge is 2.31. The largest absolute Gasteiger partial charge is 0.400 e. The Morgan fingerprint density at radius 1 is 1.55 bits per heavy atom. The summed E-state index contributed by atoms with van der Waals surface area (Å²) in [5.41, 5.74) is 5.03. The molecule has 11 heavy (non-hydrogen) atoms.